The molecule has 0 spiro atoms. The van der Waals surface area contributed by atoms with Crippen molar-refractivity contribution in [3.63, 3.8) is 0 Å². The molecule has 0 unspecified atom stereocenters. The molecule has 0 saturated heterocycles. The molecule has 6 nitrogen and oxygen atoms in total. The first-order valence-electron chi connectivity index (χ1n) is 12.4. The van der Waals surface area contributed by atoms with Gasteiger partial charge in [0.2, 0.25) is 0 Å². The summed E-state index contributed by atoms with van der Waals surface area (Å²) >= 11 is 0. The van der Waals surface area contributed by atoms with Crippen LogP contribution in [-0.2, 0) is 6.54 Å². The zero-order valence-corrected chi connectivity index (χ0v) is 20.9. The maximum atomic E-state index is 13.8. The van der Waals surface area contributed by atoms with Crippen LogP contribution in [0.5, 0.6) is 5.75 Å². The van der Waals surface area contributed by atoms with Crippen molar-refractivity contribution in [2.75, 3.05) is 13.1 Å². The van der Waals surface area contributed by atoms with Crippen molar-refractivity contribution >= 4 is 5.91 Å². The van der Waals surface area contributed by atoms with Gasteiger partial charge in [0.15, 0.2) is 0 Å². The summed E-state index contributed by atoms with van der Waals surface area (Å²) in [7, 11) is 0. The van der Waals surface area contributed by atoms with E-state index in [-0.39, 0.29) is 23.6 Å². The lowest BCUT2D eigenvalue weighted by molar-refractivity contribution is 0.0604. The molecule has 0 aliphatic heterocycles. The Morgan fingerprint density at radius 2 is 1.69 bits per heavy atom. The second kappa shape index (κ2) is 11.7. The van der Waals surface area contributed by atoms with Crippen LogP contribution in [0.15, 0.2) is 91.1 Å². The third-order valence-corrected chi connectivity index (χ3v) is 6.26. The molecule has 4 rings (SSSR count). The first-order valence-corrected chi connectivity index (χ1v) is 12.4. The SMILES string of the molecule is CC(C)[C@H](c1nc(-c2cccc(O)c2)cn1Cc1ccccc1)N(CCCN)C(=O)c1ccccc1. The molecule has 6 heteroatoms. The molecule has 3 N–H and O–H groups in total. The van der Waals surface area contributed by atoms with E-state index in [1.165, 1.54) is 0 Å². The number of phenols is 1. The summed E-state index contributed by atoms with van der Waals surface area (Å²) in [5, 5.41) is 10.1. The topological polar surface area (TPSA) is 84.4 Å². The molecular formula is C30H34N4O2. The molecule has 1 heterocycles. The number of hydrogen-bond donors (Lipinski definition) is 2. The minimum atomic E-state index is -0.265. The highest BCUT2D eigenvalue weighted by Gasteiger charge is 2.32. The predicted octanol–water partition coefficient (Wildman–Crippen LogP) is 5.49. The standard InChI is InChI=1S/C30H34N4O2/c1-22(2)28(34(18-10-17-31)30(36)24-13-7-4-8-14-24)29-32-27(25-15-9-16-26(35)19-25)21-33(29)20-23-11-5-3-6-12-23/h3-9,11-16,19,21-22,28,35H,10,17-18,20,31H2,1-2H3/t28-/m1/s1. The van der Waals surface area contributed by atoms with E-state index in [1.807, 2.05) is 71.8 Å². The van der Waals surface area contributed by atoms with Crippen LogP contribution in [0.4, 0.5) is 0 Å². The summed E-state index contributed by atoms with van der Waals surface area (Å²) in [6.07, 6.45) is 2.71. The quantitative estimate of drug-likeness (QED) is 0.313. The smallest absolute Gasteiger partial charge is 0.254 e. The van der Waals surface area contributed by atoms with Gasteiger partial charge in [0.05, 0.1) is 11.7 Å². The van der Waals surface area contributed by atoms with Crippen LogP contribution in [0.3, 0.4) is 0 Å². The van der Waals surface area contributed by atoms with Gasteiger partial charge in [0, 0.05) is 30.4 Å². The Morgan fingerprint density at radius 3 is 2.33 bits per heavy atom. The van der Waals surface area contributed by atoms with Crippen LogP contribution in [0.2, 0.25) is 0 Å². The molecular weight excluding hydrogens is 448 g/mol. The average Bonchev–Trinajstić information content (AvgIpc) is 3.30. The summed E-state index contributed by atoms with van der Waals surface area (Å²) < 4.78 is 2.13. The van der Waals surface area contributed by atoms with E-state index < -0.39 is 0 Å². The first kappa shape index (κ1) is 25.2. The summed E-state index contributed by atoms with van der Waals surface area (Å²) in [6.45, 7) is 5.89. The van der Waals surface area contributed by atoms with E-state index in [0.29, 0.717) is 31.6 Å². The molecule has 1 atom stereocenters. The number of nitrogens with zero attached hydrogens (tertiary/aromatic N) is 3. The van der Waals surface area contributed by atoms with Crippen LogP contribution >= 0.6 is 0 Å². The number of nitrogens with two attached hydrogens (primary N) is 1. The Morgan fingerprint density at radius 1 is 1.00 bits per heavy atom. The fraction of sp³-hybridized carbons (Fsp3) is 0.267. The Hall–Kier alpha value is -3.90. The molecule has 0 aliphatic rings. The number of aromatic nitrogens is 2. The maximum absolute atomic E-state index is 13.8. The molecule has 0 radical (unpaired) electrons. The van der Waals surface area contributed by atoms with Crippen molar-refractivity contribution < 1.29 is 9.90 Å². The normalized spacial score (nSPS) is 12.0. The number of carbonyl (C=O) groups is 1. The van der Waals surface area contributed by atoms with Crippen molar-refractivity contribution in [1.29, 1.82) is 0 Å². The molecule has 3 aromatic carbocycles. The van der Waals surface area contributed by atoms with Gasteiger partial charge in [-0.25, -0.2) is 4.98 Å². The van der Waals surface area contributed by atoms with Gasteiger partial charge in [-0.3, -0.25) is 4.79 Å². The minimum absolute atomic E-state index is 0.0316. The molecule has 0 aliphatic carbocycles. The third-order valence-electron chi connectivity index (χ3n) is 6.26. The van der Waals surface area contributed by atoms with E-state index in [9.17, 15) is 9.90 Å². The van der Waals surface area contributed by atoms with Crippen molar-refractivity contribution in [3.8, 4) is 17.0 Å². The zero-order valence-electron chi connectivity index (χ0n) is 20.9. The van der Waals surface area contributed by atoms with Gasteiger partial charge in [-0.15, -0.1) is 0 Å². The van der Waals surface area contributed by atoms with Crippen LogP contribution in [-0.4, -0.2) is 38.6 Å². The van der Waals surface area contributed by atoms with Gasteiger partial charge in [-0.05, 0) is 48.7 Å². The molecule has 1 amide bonds. The van der Waals surface area contributed by atoms with Gasteiger partial charge < -0.3 is 20.3 Å². The molecule has 0 fully saturated rings. The van der Waals surface area contributed by atoms with Gasteiger partial charge in [-0.1, -0.05) is 74.5 Å². The highest BCUT2D eigenvalue weighted by Crippen LogP contribution is 2.33. The Bertz CT molecular complexity index is 1270. The van der Waals surface area contributed by atoms with Crippen molar-refractivity contribution in [1.82, 2.24) is 14.5 Å². The molecule has 36 heavy (non-hydrogen) atoms. The molecule has 4 aromatic rings. The second-order valence-electron chi connectivity index (χ2n) is 9.34. The largest absolute Gasteiger partial charge is 0.508 e. The first-order chi connectivity index (χ1) is 17.5. The number of carbonyl (C=O) groups excluding carboxylic acids is 1. The maximum Gasteiger partial charge on any atom is 0.254 e. The predicted molar refractivity (Wildman–Crippen MR) is 144 cm³/mol. The van der Waals surface area contributed by atoms with Crippen LogP contribution in [0.25, 0.3) is 11.3 Å². The number of imidazole rings is 1. The van der Waals surface area contributed by atoms with E-state index in [4.69, 9.17) is 10.7 Å². The van der Waals surface area contributed by atoms with Gasteiger partial charge in [-0.2, -0.15) is 0 Å². The molecule has 0 saturated carbocycles. The fourth-order valence-corrected chi connectivity index (χ4v) is 4.55. The fourth-order valence-electron chi connectivity index (χ4n) is 4.55. The van der Waals surface area contributed by atoms with Crippen molar-refractivity contribution in [3.05, 3.63) is 108 Å². The van der Waals surface area contributed by atoms with E-state index in [2.05, 4.69) is 30.5 Å². The Kier molecular flexibility index (Phi) is 8.18. The van der Waals surface area contributed by atoms with E-state index in [0.717, 1.165) is 22.6 Å². The highest BCUT2D eigenvalue weighted by molar-refractivity contribution is 5.94. The lowest BCUT2D eigenvalue weighted by Crippen LogP contribution is -2.40. The molecule has 186 valence electrons. The number of amides is 1. The van der Waals surface area contributed by atoms with E-state index >= 15 is 0 Å². The monoisotopic (exact) mass is 482 g/mol. The third kappa shape index (κ3) is 5.83. The van der Waals surface area contributed by atoms with Crippen LogP contribution in [0.1, 0.15) is 48.1 Å². The number of rotatable bonds is 10. The Balaban J connectivity index is 1.83. The lowest BCUT2D eigenvalue weighted by Gasteiger charge is -2.34. The van der Waals surface area contributed by atoms with Crippen LogP contribution < -0.4 is 5.73 Å². The summed E-state index contributed by atoms with van der Waals surface area (Å²) in [4.78, 5) is 20.8. The number of phenolic OH excluding ortho intramolecular Hbond substituents is 1. The molecule has 0 bridgehead atoms. The highest BCUT2D eigenvalue weighted by atomic mass is 16.3. The van der Waals surface area contributed by atoms with Crippen molar-refractivity contribution in [2.24, 2.45) is 11.7 Å². The average molecular weight is 483 g/mol. The van der Waals surface area contributed by atoms with Crippen LogP contribution in [0, 0.1) is 5.92 Å². The number of aromatic hydroxyl groups is 1. The number of hydrogen-bond acceptors (Lipinski definition) is 4. The van der Waals surface area contributed by atoms with Gasteiger partial charge in [0.1, 0.15) is 11.6 Å². The van der Waals surface area contributed by atoms with Gasteiger partial charge in [0.25, 0.3) is 5.91 Å². The molecule has 1 aromatic heterocycles. The van der Waals surface area contributed by atoms with Crippen molar-refractivity contribution in [2.45, 2.75) is 32.9 Å². The lowest BCUT2D eigenvalue weighted by atomic mass is 9.99. The van der Waals surface area contributed by atoms with Gasteiger partial charge >= 0.3 is 0 Å². The zero-order chi connectivity index (χ0) is 25.5. The minimum Gasteiger partial charge on any atom is -0.508 e. The summed E-state index contributed by atoms with van der Waals surface area (Å²) in [5.74, 6) is 1.07. The summed E-state index contributed by atoms with van der Waals surface area (Å²) in [6, 6.07) is 26.4. The summed E-state index contributed by atoms with van der Waals surface area (Å²) in [5.41, 5.74) is 9.25. The number of benzene rings is 3. The van der Waals surface area contributed by atoms with E-state index in [1.54, 1.807) is 12.1 Å². The second-order valence-corrected chi connectivity index (χ2v) is 9.34. The Labute approximate surface area is 213 Å².